The van der Waals surface area contributed by atoms with Gasteiger partial charge in [-0.2, -0.15) is 12.6 Å². The van der Waals surface area contributed by atoms with Crippen LogP contribution in [0.2, 0.25) is 0 Å². The predicted octanol–water partition coefficient (Wildman–Crippen LogP) is 17.1. The maximum absolute atomic E-state index is 14.0. The van der Waals surface area contributed by atoms with Crippen molar-refractivity contribution < 1.29 is 66.7 Å². The van der Waals surface area contributed by atoms with Crippen molar-refractivity contribution in [1.82, 2.24) is 10.6 Å². The van der Waals surface area contributed by atoms with Gasteiger partial charge in [-0.05, 0) is 186 Å². The van der Waals surface area contributed by atoms with Gasteiger partial charge in [-0.15, -0.1) is 9.45 Å². The molecule has 27 heteroatoms. The van der Waals surface area contributed by atoms with E-state index in [1.54, 1.807) is 48.3 Å². The maximum Gasteiger partial charge on any atom is 0.261 e. The van der Waals surface area contributed by atoms with Crippen LogP contribution in [0.3, 0.4) is 0 Å². The number of ether oxygens (including phenoxy) is 8. The molecule has 10 aromatic carbocycles. The Kier molecular flexibility index (Phi) is 27.1. The topological polar surface area (TPSA) is 263 Å². The standard InChI is InChI=1S/C50H49N5O7S2.C49H47N5O7S.CH4/c1-31-18-39-41(52-27-36-22-34-10-4-6-12-43(34)54(36)49(39)57)25-45(31)61-29-32-19-33(21-38(20-32)60-16-9-8-14-48(56)51-15-17-64(3)63)30-62-47-26-42-40(24-46(47)59-2)50(58)55-37(28-53-42)23-35-11-5-7-13-44(35)55;1-30-17-38-40(51-26-35-21-33-9-3-5-11-42(33)53(35)48(38)56)24-44(30)60-28-31-18-32(20-37(19-31)59-15-8-7-13-47(55)50-14-16-62)29-61-46-25-41-39(23-45(46)58-2)49(57)54-36(27-52-41)22-34-10-4-6-12-43(34)54;/h4-7,10-13,18-21,24-28,36-37H,8-9,14-17,22-23,29-30H2,1-3H3,(H,51,56);3-6,9-12,17-20,23-27,35-36,62H,7-8,13-16,21-22,28-29H2,1-2H3,(H,50,55);1H4/t36-,37-,64?;35-,36-;/m00./s1. The Morgan fingerprint density at radius 2 is 0.717 bits per heavy atom. The molecule has 127 heavy (non-hydrogen) atoms. The molecule has 0 saturated carbocycles. The number of amides is 6. The Labute approximate surface area is 751 Å². The van der Waals surface area contributed by atoms with Crippen LogP contribution in [0.4, 0.5) is 45.5 Å². The van der Waals surface area contributed by atoms with Gasteiger partial charge in [-0.25, -0.2) is 0 Å². The highest BCUT2D eigenvalue weighted by atomic mass is 32.8. The Morgan fingerprint density at radius 3 is 1.04 bits per heavy atom. The zero-order valence-electron chi connectivity index (χ0n) is 70.6. The van der Waals surface area contributed by atoms with Gasteiger partial charge >= 0.3 is 0 Å². The van der Waals surface area contributed by atoms with Crippen LogP contribution >= 0.6 is 12.6 Å². The van der Waals surface area contributed by atoms with Crippen LogP contribution in [0.5, 0.6) is 46.0 Å². The summed E-state index contributed by atoms with van der Waals surface area (Å²) < 4.78 is 49.8. The van der Waals surface area contributed by atoms with E-state index >= 15 is 0 Å². The van der Waals surface area contributed by atoms with E-state index in [-0.39, 0.29) is 103 Å². The molecule has 2 N–H and O–H groups in total. The molecule has 6 amide bonds. The quantitative estimate of drug-likeness (QED) is 0.0269. The van der Waals surface area contributed by atoms with Crippen LogP contribution in [0.1, 0.15) is 143 Å². The van der Waals surface area contributed by atoms with Gasteiger partial charge in [0.15, 0.2) is 23.0 Å². The van der Waals surface area contributed by atoms with Gasteiger partial charge in [0, 0.05) is 135 Å². The Bertz CT molecular complexity index is 6090. The van der Waals surface area contributed by atoms with E-state index in [4.69, 9.17) is 69.1 Å². The molecule has 10 aromatic rings. The molecule has 5 atom stereocenters. The third-order valence-electron chi connectivity index (χ3n) is 23.4. The molecule has 8 aliphatic rings. The minimum atomic E-state index is -0.180. The summed E-state index contributed by atoms with van der Waals surface area (Å²) in [6.07, 6.45) is 15.8. The van der Waals surface area contributed by atoms with Gasteiger partial charge in [0.25, 0.3) is 23.6 Å². The van der Waals surface area contributed by atoms with Crippen LogP contribution in [0.25, 0.3) is 0 Å². The highest BCUT2D eigenvalue weighted by molar-refractivity contribution is 8.28. The summed E-state index contributed by atoms with van der Waals surface area (Å²) in [4.78, 5) is 107. The van der Waals surface area contributed by atoms with Crippen LogP contribution in [-0.2, 0) is 82.3 Å². The number of nitrogens with one attached hydrogen (secondary N) is 2. The number of rotatable bonds is 31. The van der Waals surface area contributed by atoms with Crippen molar-refractivity contribution in [3.05, 3.63) is 260 Å². The van der Waals surface area contributed by atoms with Crippen molar-refractivity contribution in [3.8, 4) is 46.0 Å². The van der Waals surface area contributed by atoms with Gasteiger partial charge < -0.3 is 48.5 Å². The number of carbonyl (C=O) groups excluding carboxylic acids is 6. The SMILES string of the molecule is C.COc1cc2c(cc1OCc1cc(COc3cc4c(cc3C)C(=O)N3c5ccccc5C[C@H]3C=N4)cc(OCCCCC(=O)NCCS(C)=S)c1)N=C[C@@H]1Cc3ccccc3N1C2=O.COc1cc2c(cc1OCc1cc(COc3cc4c(cc3C)C(=O)N3c5ccccc5C[C@H]3C=N4)cc(OCCCCC(=O)NCCS)c1)N=C[C@@H]1Cc3ccccc3N1C2=O. The first-order chi connectivity index (χ1) is 61.4. The highest BCUT2D eigenvalue weighted by Crippen LogP contribution is 2.46. The van der Waals surface area contributed by atoms with Crippen molar-refractivity contribution >= 4 is 139 Å². The van der Waals surface area contributed by atoms with Crippen molar-refractivity contribution in [1.29, 1.82) is 0 Å². The molecule has 0 aliphatic carbocycles. The van der Waals surface area contributed by atoms with E-state index in [2.05, 4.69) is 35.4 Å². The van der Waals surface area contributed by atoms with Gasteiger partial charge in [-0.3, -0.25) is 68.3 Å². The lowest BCUT2D eigenvalue weighted by Gasteiger charge is -2.22. The number of methoxy groups -OCH3 is 2. The average Bonchev–Trinajstić information content (AvgIpc) is 1.62. The lowest BCUT2D eigenvalue weighted by molar-refractivity contribution is -0.121. The number of aryl methyl sites for hydroxylation is 2. The molecule has 8 aliphatic heterocycles. The molecule has 652 valence electrons. The van der Waals surface area contributed by atoms with Gasteiger partial charge in [0.1, 0.15) is 49.4 Å². The van der Waals surface area contributed by atoms with Crippen LogP contribution in [0.15, 0.2) is 202 Å². The number of aliphatic imine (C=N–C) groups is 4. The van der Waals surface area contributed by atoms with Crippen LogP contribution in [-0.4, -0.2) is 143 Å². The van der Waals surface area contributed by atoms with E-state index in [1.807, 2.05) is 200 Å². The Morgan fingerprint density at radius 1 is 0.409 bits per heavy atom. The zero-order valence-corrected chi connectivity index (χ0v) is 73.2. The Balaban J connectivity index is 0.000000185. The molecule has 0 saturated heterocycles. The van der Waals surface area contributed by atoms with E-state index < -0.39 is 0 Å². The molecule has 0 aromatic heterocycles. The lowest BCUT2D eigenvalue weighted by Crippen LogP contribution is -2.37. The molecule has 24 nitrogen and oxygen atoms in total. The summed E-state index contributed by atoms with van der Waals surface area (Å²) in [6.45, 7) is 6.53. The molecule has 18 rings (SSSR count). The van der Waals surface area contributed by atoms with Crippen LogP contribution in [0, 0.1) is 13.8 Å². The number of hydrogen-bond acceptors (Lipinski definition) is 20. The van der Waals surface area contributed by atoms with Crippen LogP contribution < -0.4 is 68.1 Å². The number of carbonyl (C=O) groups is 6. The van der Waals surface area contributed by atoms with E-state index in [1.165, 1.54) is 0 Å². The fraction of sp³-hybridized carbons (Fsp3) is 0.300. The third-order valence-corrected chi connectivity index (χ3v) is 24.9. The second kappa shape index (κ2) is 39.3. The molecule has 0 radical (unpaired) electrons. The zero-order chi connectivity index (χ0) is 87.1. The first-order valence-corrected chi connectivity index (χ1v) is 45.8. The predicted molar refractivity (Wildman–Crippen MR) is 505 cm³/mol. The fourth-order valence-corrected chi connectivity index (χ4v) is 18.0. The van der Waals surface area contributed by atoms with Crippen molar-refractivity contribution in [3.63, 3.8) is 0 Å². The number of nitrogens with zero attached hydrogens (tertiary/aromatic N) is 8. The minimum absolute atomic E-state index is 0. The summed E-state index contributed by atoms with van der Waals surface area (Å²) in [7, 11) is 2.97. The largest absolute Gasteiger partial charge is 0.494 e. The summed E-state index contributed by atoms with van der Waals surface area (Å²) in [5, 5.41) is 5.79. The second-order valence-electron chi connectivity index (χ2n) is 32.2. The summed E-state index contributed by atoms with van der Waals surface area (Å²) in [5.74, 6) is 5.17. The fourth-order valence-electron chi connectivity index (χ4n) is 17.2. The third kappa shape index (κ3) is 19.2. The molecule has 8 heterocycles. The van der Waals surface area contributed by atoms with E-state index in [0.717, 1.165) is 97.0 Å². The van der Waals surface area contributed by atoms with Gasteiger partial charge in [0.2, 0.25) is 11.8 Å². The number of benzene rings is 10. The summed E-state index contributed by atoms with van der Waals surface area (Å²) in [6, 6.07) is 57.3. The smallest absolute Gasteiger partial charge is 0.261 e. The van der Waals surface area contributed by atoms with E-state index in [0.29, 0.717) is 174 Å². The average molecular weight is 1760 g/mol. The number of anilines is 4. The minimum Gasteiger partial charge on any atom is -0.494 e. The normalized spacial score (nSPS) is 16.7. The molecule has 1 unspecified atom stereocenters. The lowest BCUT2D eigenvalue weighted by atomic mass is 10.1. The molecule has 0 fully saturated rings. The summed E-state index contributed by atoms with van der Waals surface area (Å²) >= 11 is 9.38. The number of para-hydroxylation sites is 4. The number of thiol groups is 1. The summed E-state index contributed by atoms with van der Waals surface area (Å²) in [5.41, 5.74) is 17.2. The first-order valence-electron chi connectivity index (χ1n) is 42.4. The maximum atomic E-state index is 14.0. The number of unbranched alkanes of at least 4 members (excludes halogenated alkanes) is 2. The number of fused-ring (bicyclic) bond motifs is 16. The highest BCUT2D eigenvalue weighted by Gasteiger charge is 2.41. The van der Waals surface area contributed by atoms with Gasteiger partial charge in [0.05, 0.1) is 96.6 Å². The van der Waals surface area contributed by atoms with Crippen molar-refractivity contribution in [2.24, 2.45) is 20.0 Å². The monoisotopic (exact) mass is 1760 g/mol. The molecule has 0 spiro atoms. The molecular formula is C100H100N10O14S3. The Hall–Kier alpha value is -13.0. The van der Waals surface area contributed by atoms with Crippen molar-refractivity contribution in [2.45, 2.75) is 136 Å². The molecular weight excluding hydrogens is 1660 g/mol. The van der Waals surface area contributed by atoms with Gasteiger partial charge in [-0.1, -0.05) is 91.4 Å². The number of hydrogen-bond donors (Lipinski definition) is 3. The molecule has 0 bridgehead atoms. The van der Waals surface area contributed by atoms with Crippen molar-refractivity contribution in [2.75, 3.05) is 77.9 Å². The van der Waals surface area contributed by atoms with E-state index in [9.17, 15) is 28.8 Å². The second-order valence-corrected chi connectivity index (χ2v) is 35.9. The first kappa shape index (κ1) is 87.5.